The molecule has 1 aromatic carbocycles. The minimum atomic E-state index is -0.587. The van der Waals surface area contributed by atoms with Crippen LogP contribution in [-0.2, 0) is 11.8 Å². The Labute approximate surface area is 121 Å². The molecule has 1 aromatic heterocycles. The van der Waals surface area contributed by atoms with Crippen molar-refractivity contribution in [2.24, 2.45) is 0 Å². The lowest BCUT2D eigenvalue weighted by atomic mass is 9.92. The topological polar surface area (TPSA) is 28.7 Å². The van der Waals surface area contributed by atoms with Gasteiger partial charge >= 0.3 is 0 Å². The van der Waals surface area contributed by atoms with Crippen molar-refractivity contribution in [2.45, 2.75) is 32.6 Å². The van der Waals surface area contributed by atoms with Gasteiger partial charge in [-0.3, -0.25) is 0 Å². The van der Waals surface area contributed by atoms with Crippen molar-refractivity contribution in [1.29, 1.82) is 0 Å². The largest absolute Gasteiger partial charge is 0.346 e. The monoisotopic (exact) mass is 294 g/mol. The molecular formula is C15H16F2N2S. The van der Waals surface area contributed by atoms with Crippen LogP contribution in [0.5, 0.6) is 0 Å². The molecule has 0 aliphatic rings. The van der Waals surface area contributed by atoms with Crippen molar-refractivity contribution in [3.63, 3.8) is 0 Å². The van der Waals surface area contributed by atoms with Crippen molar-refractivity contribution in [3.05, 3.63) is 57.6 Å². The van der Waals surface area contributed by atoms with E-state index in [1.807, 2.05) is 0 Å². The van der Waals surface area contributed by atoms with Crippen LogP contribution in [-0.4, -0.2) is 9.97 Å². The van der Waals surface area contributed by atoms with Crippen LogP contribution in [0.15, 0.2) is 24.3 Å². The molecular weight excluding hydrogens is 278 g/mol. The fourth-order valence-corrected chi connectivity index (χ4v) is 2.07. The summed E-state index contributed by atoms with van der Waals surface area (Å²) in [5, 5.41) is 0. The summed E-state index contributed by atoms with van der Waals surface area (Å²) in [4.78, 5) is 7.38. The van der Waals surface area contributed by atoms with Gasteiger partial charge < -0.3 is 4.98 Å². The summed E-state index contributed by atoms with van der Waals surface area (Å²) >= 11 is 5.14. The number of halogens is 2. The SMILES string of the molecule is CC(C)(C)c1cc(=S)nc(Cc2ccc(F)cc2F)[nH]1. The first-order valence-corrected chi connectivity index (χ1v) is 6.71. The molecule has 2 nitrogen and oxygen atoms in total. The Bertz CT molecular complexity index is 687. The van der Waals surface area contributed by atoms with Gasteiger partial charge in [0.2, 0.25) is 0 Å². The average Bonchev–Trinajstić information content (AvgIpc) is 2.31. The second-order valence-corrected chi connectivity index (χ2v) is 6.16. The molecule has 20 heavy (non-hydrogen) atoms. The molecule has 0 spiro atoms. The molecule has 0 radical (unpaired) electrons. The summed E-state index contributed by atoms with van der Waals surface area (Å²) in [6.45, 7) is 6.15. The molecule has 0 bridgehead atoms. The van der Waals surface area contributed by atoms with Crippen LogP contribution in [0.4, 0.5) is 8.78 Å². The Hall–Kier alpha value is -1.62. The van der Waals surface area contributed by atoms with Crippen molar-refractivity contribution in [3.8, 4) is 0 Å². The summed E-state index contributed by atoms with van der Waals surface area (Å²) < 4.78 is 27.0. The maximum absolute atomic E-state index is 13.7. The van der Waals surface area contributed by atoms with Crippen molar-refractivity contribution < 1.29 is 8.78 Å². The van der Waals surface area contributed by atoms with E-state index < -0.39 is 11.6 Å². The Morgan fingerprint density at radius 2 is 1.90 bits per heavy atom. The number of aromatic amines is 1. The number of benzene rings is 1. The molecule has 0 amide bonds. The van der Waals surface area contributed by atoms with E-state index in [9.17, 15) is 8.78 Å². The maximum Gasteiger partial charge on any atom is 0.130 e. The van der Waals surface area contributed by atoms with E-state index in [0.717, 1.165) is 11.8 Å². The highest BCUT2D eigenvalue weighted by Gasteiger charge is 2.16. The van der Waals surface area contributed by atoms with E-state index in [0.29, 0.717) is 16.0 Å². The van der Waals surface area contributed by atoms with Gasteiger partial charge in [0.25, 0.3) is 0 Å². The van der Waals surface area contributed by atoms with Gasteiger partial charge in [0, 0.05) is 23.6 Å². The van der Waals surface area contributed by atoms with Crippen LogP contribution in [0.1, 0.15) is 37.9 Å². The number of rotatable bonds is 2. The van der Waals surface area contributed by atoms with E-state index in [1.54, 1.807) is 6.07 Å². The van der Waals surface area contributed by atoms with E-state index in [2.05, 4.69) is 30.7 Å². The quantitative estimate of drug-likeness (QED) is 0.836. The number of hydrogen-bond acceptors (Lipinski definition) is 2. The van der Waals surface area contributed by atoms with Gasteiger partial charge in [-0.15, -0.1) is 0 Å². The van der Waals surface area contributed by atoms with E-state index in [-0.39, 0.29) is 11.8 Å². The third-order valence-electron chi connectivity index (χ3n) is 2.97. The predicted molar refractivity (Wildman–Crippen MR) is 77.3 cm³/mol. The molecule has 0 unspecified atom stereocenters. The number of aromatic nitrogens is 2. The minimum absolute atomic E-state index is 0.105. The second kappa shape index (κ2) is 5.40. The molecule has 106 valence electrons. The molecule has 5 heteroatoms. The summed E-state index contributed by atoms with van der Waals surface area (Å²) in [7, 11) is 0. The number of hydrogen-bond donors (Lipinski definition) is 1. The number of nitrogens with one attached hydrogen (secondary N) is 1. The summed E-state index contributed by atoms with van der Waals surface area (Å²) in [5.41, 5.74) is 1.22. The third kappa shape index (κ3) is 3.48. The smallest absolute Gasteiger partial charge is 0.130 e. The van der Waals surface area contributed by atoms with Crippen molar-refractivity contribution in [2.75, 3.05) is 0 Å². The molecule has 2 aromatic rings. The number of H-pyrrole nitrogens is 1. The van der Waals surface area contributed by atoms with Gasteiger partial charge in [0.15, 0.2) is 0 Å². The van der Waals surface area contributed by atoms with Crippen LogP contribution in [0, 0.1) is 16.3 Å². The molecule has 1 N–H and O–H groups in total. The first kappa shape index (κ1) is 14.8. The standard InChI is InChI=1S/C15H16F2N2S/c1-15(2,3)12-8-14(20)19-13(18-12)6-9-4-5-10(16)7-11(9)17/h4-5,7-8H,6H2,1-3H3,(H,18,19,20). The van der Waals surface area contributed by atoms with Crippen LogP contribution in [0.25, 0.3) is 0 Å². The van der Waals surface area contributed by atoms with Crippen molar-refractivity contribution >= 4 is 12.2 Å². The summed E-state index contributed by atoms with van der Waals surface area (Å²) in [6.07, 6.45) is 0.250. The minimum Gasteiger partial charge on any atom is -0.346 e. The predicted octanol–water partition coefficient (Wildman–Crippen LogP) is 4.31. The summed E-state index contributed by atoms with van der Waals surface area (Å²) in [5.74, 6) is -0.587. The highest BCUT2D eigenvalue weighted by Crippen LogP contribution is 2.21. The highest BCUT2D eigenvalue weighted by molar-refractivity contribution is 7.71. The van der Waals surface area contributed by atoms with Gasteiger partial charge in [0.05, 0.1) is 0 Å². The Kier molecular flexibility index (Phi) is 3.99. The molecule has 1 heterocycles. The first-order chi connectivity index (χ1) is 9.25. The fourth-order valence-electron chi connectivity index (χ4n) is 1.84. The zero-order valence-electron chi connectivity index (χ0n) is 11.6. The van der Waals surface area contributed by atoms with Crippen LogP contribution in [0.3, 0.4) is 0 Å². The Morgan fingerprint density at radius 1 is 1.20 bits per heavy atom. The summed E-state index contributed by atoms with van der Waals surface area (Å²) in [6, 6.07) is 5.34. The molecule has 0 saturated carbocycles. The van der Waals surface area contributed by atoms with Gasteiger partial charge in [-0.05, 0) is 17.7 Å². The second-order valence-electron chi connectivity index (χ2n) is 5.74. The fraction of sp³-hybridized carbons (Fsp3) is 0.333. The molecule has 0 fully saturated rings. The van der Waals surface area contributed by atoms with Crippen LogP contribution >= 0.6 is 12.2 Å². The van der Waals surface area contributed by atoms with E-state index in [1.165, 1.54) is 12.1 Å². The third-order valence-corrected chi connectivity index (χ3v) is 3.18. The number of nitrogens with zero attached hydrogens (tertiary/aromatic N) is 1. The van der Waals surface area contributed by atoms with Gasteiger partial charge in [-0.1, -0.05) is 39.1 Å². The van der Waals surface area contributed by atoms with Gasteiger partial charge in [0.1, 0.15) is 22.1 Å². The van der Waals surface area contributed by atoms with Crippen molar-refractivity contribution in [1.82, 2.24) is 9.97 Å². The van der Waals surface area contributed by atoms with Crippen LogP contribution in [0.2, 0.25) is 0 Å². The lowest BCUT2D eigenvalue weighted by Gasteiger charge is -2.19. The molecule has 0 aliphatic carbocycles. The lowest BCUT2D eigenvalue weighted by molar-refractivity contribution is 0.559. The van der Waals surface area contributed by atoms with Gasteiger partial charge in [-0.25, -0.2) is 13.8 Å². The molecule has 0 saturated heterocycles. The first-order valence-electron chi connectivity index (χ1n) is 6.30. The zero-order valence-corrected chi connectivity index (χ0v) is 12.4. The van der Waals surface area contributed by atoms with Crippen LogP contribution < -0.4 is 0 Å². The van der Waals surface area contributed by atoms with E-state index >= 15 is 0 Å². The van der Waals surface area contributed by atoms with Gasteiger partial charge in [-0.2, -0.15) is 0 Å². The zero-order chi connectivity index (χ0) is 14.9. The Balaban J connectivity index is 2.39. The average molecular weight is 294 g/mol. The van der Waals surface area contributed by atoms with E-state index in [4.69, 9.17) is 12.2 Å². The maximum atomic E-state index is 13.7. The molecule has 0 atom stereocenters. The normalized spacial score (nSPS) is 11.7. The Morgan fingerprint density at radius 3 is 2.50 bits per heavy atom. The molecule has 0 aliphatic heterocycles. The molecule has 2 rings (SSSR count). The lowest BCUT2D eigenvalue weighted by Crippen LogP contribution is -2.15. The highest BCUT2D eigenvalue weighted by atomic mass is 32.1.